The van der Waals surface area contributed by atoms with Crippen LogP contribution in [0.3, 0.4) is 0 Å². The molecule has 3 rings (SSSR count). The van der Waals surface area contributed by atoms with Crippen molar-refractivity contribution in [2.45, 2.75) is 6.61 Å². The molecule has 1 amide bonds. The Morgan fingerprint density at radius 2 is 1.68 bits per heavy atom. The Bertz CT molecular complexity index is 1070. The van der Waals surface area contributed by atoms with Gasteiger partial charge in [0.25, 0.3) is 5.91 Å². The van der Waals surface area contributed by atoms with E-state index in [0.717, 1.165) is 20.1 Å². The second-order valence-corrected chi connectivity index (χ2v) is 8.07. The summed E-state index contributed by atoms with van der Waals surface area (Å²) in [7, 11) is 3.12. The summed E-state index contributed by atoms with van der Waals surface area (Å²) in [6.07, 6.45) is 1.54. The summed E-state index contributed by atoms with van der Waals surface area (Å²) in [6.45, 7) is 0.403. The van der Waals surface area contributed by atoms with E-state index >= 15 is 0 Å². The van der Waals surface area contributed by atoms with Gasteiger partial charge < -0.3 is 14.2 Å². The fraction of sp³-hybridized carbons (Fsp3) is 0.130. The average molecular weight is 548 g/mol. The summed E-state index contributed by atoms with van der Waals surface area (Å²) < 4.78 is 18.0. The molecule has 0 bridgehead atoms. The van der Waals surface area contributed by atoms with Crippen molar-refractivity contribution in [1.82, 2.24) is 5.43 Å². The first-order valence-corrected chi connectivity index (χ1v) is 10.8. The molecule has 0 saturated carbocycles. The molecule has 0 unspecified atom stereocenters. The molecule has 1 N–H and O–H groups in total. The van der Waals surface area contributed by atoms with E-state index in [1.807, 2.05) is 42.5 Å². The molecular formula is C23H20Br2N2O4. The van der Waals surface area contributed by atoms with Gasteiger partial charge in [0.1, 0.15) is 12.4 Å². The van der Waals surface area contributed by atoms with E-state index in [4.69, 9.17) is 14.2 Å². The summed E-state index contributed by atoms with van der Waals surface area (Å²) in [5.74, 6) is 1.34. The minimum absolute atomic E-state index is 0.365. The number of carbonyl (C=O) groups excluding carboxylic acids is 1. The van der Waals surface area contributed by atoms with Gasteiger partial charge >= 0.3 is 0 Å². The quantitative estimate of drug-likeness (QED) is 0.295. The van der Waals surface area contributed by atoms with Gasteiger partial charge in [-0.25, -0.2) is 5.43 Å². The monoisotopic (exact) mass is 546 g/mol. The van der Waals surface area contributed by atoms with E-state index in [9.17, 15) is 4.79 Å². The summed E-state index contributed by atoms with van der Waals surface area (Å²) in [5, 5.41) is 4.03. The Morgan fingerprint density at radius 3 is 2.32 bits per heavy atom. The summed E-state index contributed by atoms with van der Waals surface area (Å²) in [6, 6.07) is 18.5. The maximum absolute atomic E-state index is 12.5. The third-order valence-electron chi connectivity index (χ3n) is 4.27. The highest BCUT2D eigenvalue weighted by Gasteiger charge is 2.11. The van der Waals surface area contributed by atoms with E-state index in [-0.39, 0.29) is 5.91 Å². The first-order valence-electron chi connectivity index (χ1n) is 9.23. The highest BCUT2D eigenvalue weighted by atomic mass is 79.9. The fourth-order valence-corrected chi connectivity index (χ4v) is 4.29. The Labute approximate surface area is 197 Å². The van der Waals surface area contributed by atoms with Crippen LogP contribution in [0.1, 0.15) is 21.5 Å². The van der Waals surface area contributed by atoms with Crippen LogP contribution in [0, 0.1) is 0 Å². The van der Waals surface area contributed by atoms with Crippen molar-refractivity contribution in [2.75, 3.05) is 14.2 Å². The molecule has 3 aromatic rings. The summed E-state index contributed by atoms with van der Waals surface area (Å²) in [4.78, 5) is 12.5. The third-order valence-corrected chi connectivity index (χ3v) is 5.45. The van der Waals surface area contributed by atoms with Crippen molar-refractivity contribution in [1.29, 1.82) is 0 Å². The number of methoxy groups -OCH3 is 2. The van der Waals surface area contributed by atoms with Gasteiger partial charge in [0, 0.05) is 5.56 Å². The molecule has 6 nitrogen and oxygen atoms in total. The lowest BCUT2D eigenvalue weighted by atomic mass is 10.2. The zero-order valence-electron chi connectivity index (χ0n) is 16.9. The third kappa shape index (κ3) is 6.08. The molecule has 0 aromatic heterocycles. The van der Waals surface area contributed by atoms with Crippen LogP contribution in [-0.4, -0.2) is 26.3 Å². The fourth-order valence-electron chi connectivity index (χ4n) is 2.74. The van der Waals surface area contributed by atoms with Gasteiger partial charge in [-0.3, -0.25) is 4.79 Å². The van der Waals surface area contributed by atoms with Crippen LogP contribution in [0.15, 0.2) is 74.7 Å². The highest BCUT2D eigenvalue weighted by Crippen LogP contribution is 2.34. The smallest absolute Gasteiger partial charge is 0.271 e. The Balaban J connectivity index is 1.65. The molecule has 0 fully saturated rings. The largest absolute Gasteiger partial charge is 0.494 e. The number of rotatable bonds is 8. The first kappa shape index (κ1) is 22.8. The molecule has 0 aliphatic carbocycles. The molecule has 0 saturated heterocycles. The lowest BCUT2D eigenvalue weighted by Gasteiger charge is -2.12. The van der Waals surface area contributed by atoms with E-state index in [1.165, 1.54) is 7.11 Å². The van der Waals surface area contributed by atoms with E-state index in [0.29, 0.717) is 29.4 Å². The van der Waals surface area contributed by atoms with Crippen LogP contribution in [-0.2, 0) is 6.61 Å². The number of ether oxygens (including phenoxy) is 3. The number of benzene rings is 3. The Hall–Kier alpha value is -2.84. The van der Waals surface area contributed by atoms with Gasteiger partial charge in [0.05, 0.1) is 29.4 Å². The normalized spacial score (nSPS) is 10.7. The molecule has 0 atom stereocenters. The van der Waals surface area contributed by atoms with Crippen molar-refractivity contribution >= 4 is 44.0 Å². The van der Waals surface area contributed by atoms with E-state index < -0.39 is 0 Å². The van der Waals surface area contributed by atoms with Crippen molar-refractivity contribution in [3.8, 4) is 17.2 Å². The summed E-state index contributed by atoms with van der Waals surface area (Å²) >= 11 is 6.87. The number of amides is 1. The molecule has 160 valence electrons. The van der Waals surface area contributed by atoms with Gasteiger partial charge in [-0.05, 0) is 73.3 Å². The number of carbonyl (C=O) groups is 1. The van der Waals surface area contributed by atoms with Crippen LogP contribution < -0.4 is 19.6 Å². The predicted octanol–water partition coefficient (Wildman–Crippen LogP) is 5.57. The molecular weight excluding hydrogens is 528 g/mol. The number of hydrogen-bond donors (Lipinski definition) is 1. The van der Waals surface area contributed by atoms with E-state index in [2.05, 4.69) is 42.4 Å². The van der Waals surface area contributed by atoms with Crippen LogP contribution in [0.5, 0.6) is 17.2 Å². The molecule has 3 aromatic carbocycles. The number of nitrogens with zero attached hydrogens (tertiary/aromatic N) is 1. The summed E-state index contributed by atoms with van der Waals surface area (Å²) in [5.41, 5.74) is 4.74. The molecule has 0 heterocycles. The number of halogens is 2. The zero-order valence-corrected chi connectivity index (χ0v) is 20.1. The Morgan fingerprint density at radius 1 is 0.968 bits per heavy atom. The van der Waals surface area contributed by atoms with Gasteiger partial charge in [0.2, 0.25) is 0 Å². The molecule has 0 spiro atoms. The second kappa shape index (κ2) is 11.0. The van der Waals surface area contributed by atoms with Crippen molar-refractivity contribution < 1.29 is 19.0 Å². The van der Waals surface area contributed by atoms with E-state index in [1.54, 1.807) is 31.5 Å². The SMILES string of the molecule is COc1cc(C(=O)N/N=C/c2cc(Br)c(OC)c(Br)c2)ccc1OCc1ccccc1. The first-order chi connectivity index (χ1) is 15.0. The number of hydrogen-bond acceptors (Lipinski definition) is 5. The predicted molar refractivity (Wildman–Crippen MR) is 127 cm³/mol. The maximum atomic E-state index is 12.5. The van der Waals surface area contributed by atoms with Gasteiger partial charge in [0.15, 0.2) is 11.5 Å². The van der Waals surface area contributed by atoms with Crippen LogP contribution >= 0.6 is 31.9 Å². The zero-order chi connectivity index (χ0) is 22.2. The minimum atomic E-state index is -0.365. The lowest BCUT2D eigenvalue weighted by Crippen LogP contribution is -2.17. The maximum Gasteiger partial charge on any atom is 0.271 e. The van der Waals surface area contributed by atoms with Gasteiger partial charge in [-0.15, -0.1) is 0 Å². The molecule has 0 aliphatic heterocycles. The molecule has 8 heteroatoms. The average Bonchev–Trinajstić information content (AvgIpc) is 2.78. The lowest BCUT2D eigenvalue weighted by molar-refractivity contribution is 0.0954. The van der Waals surface area contributed by atoms with Crippen molar-refractivity contribution in [3.63, 3.8) is 0 Å². The van der Waals surface area contributed by atoms with Crippen LogP contribution in [0.2, 0.25) is 0 Å². The van der Waals surface area contributed by atoms with Crippen LogP contribution in [0.4, 0.5) is 0 Å². The minimum Gasteiger partial charge on any atom is -0.494 e. The molecule has 0 aliphatic rings. The second-order valence-electron chi connectivity index (χ2n) is 6.36. The van der Waals surface area contributed by atoms with Crippen molar-refractivity contribution in [3.05, 3.63) is 86.3 Å². The Kier molecular flexibility index (Phi) is 8.08. The van der Waals surface area contributed by atoms with Crippen molar-refractivity contribution in [2.24, 2.45) is 5.10 Å². The topological polar surface area (TPSA) is 69.2 Å². The van der Waals surface area contributed by atoms with Gasteiger partial charge in [-0.1, -0.05) is 30.3 Å². The molecule has 0 radical (unpaired) electrons. The highest BCUT2D eigenvalue weighted by molar-refractivity contribution is 9.11. The number of nitrogens with one attached hydrogen (secondary N) is 1. The number of hydrazone groups is 1. The van der Waals surface area contributed by atoms with Crippen LogP contribution in [0.25, 0.3) is 0 Å². The van der Waals surface area contributed by atoms with Gasteiger partial charge in [-0.2, -0.15) is 5.10 Å². The standard InChI is InChI=1S/C23H20Br2N2O4/c1-29-21-12-17(8-9-20(21)31-14-15-6-4-3-5-7-15)23(28)27-26-13-16-10-18(24)22(30-2)19(25)11-16/h3-13H,14H2,1-2H3,(H,27,28)/b26-13+. The molecule has 31 heavy (non-hydrogen) atoms.